The van der Waals surface area contributed by atoms with Gasteiger partial charge < -0.3 is 18.9 Å². The monoisotopic (exact) mass is 344 g/mol. The number of ether oxygens (including phenoxy) is 4. The fraction of sp³-hybridized carbons (Fsp3) is 0.824. The summed E-state index contributed by atoms with van der Waals surface area (Å²) in [6, 6.07) is 0. The van der Waals surface area contributed by atoms with Crippen molar-refractivity contribution in [2.24, 2.45) is 5.41 Å². The molecule has 1 heterocycles. The van der Waals surface area contributed by atoms with Crippen molar-refractivity contribution in [1.82, 2.24) is 0 Å². The van der Waals surface area contributed by atoms with E-state index in [0.29, 0.717) is 6.42 Å². The summed E-state index contributed by atoms with van der Waals surface area (Å²) >= 11 is 0. The quantitative estimate of drug-likeness (QED) is 0.569. The van der Waals surface area contributed by atoms with Gasteiger partial charge in [0.25, 0.3) is 0 Å². The lowest BCUT2D eigenvalue weighted by molar-refractivity contribution is -0.247. The molecule has 0 bridgehead atoms. The molecule has 1 rings (SSSR count). The summed E-state index contributed by atoms with van der Waals surface area (Å²) in [6.45, 7) is 11.6. The van der Waals surface area contributed by atoms with Crippen LogP contribution >= 0.6 is 0 Å². The lowest BCUT2D eigenvalue weighted by atomic mass is 9.83. The molecule has 1 fully saturated rings. The molecule has 0 radical (unpaired) electrons. The van der Waals surface area contributed by atoms with Gasteiger partial charge in [-0.05, 0) is 18.8 Å². The first kappa shape index (κ1) is 20.4. The summed E-state index contributed by atoms with van der Waals surface area (Å²) in [5, 5.41) is 0. The van der Waals surface area contributed by atoms with Crippen molar-refractivity contribution in [3.63, 3.8) is 0 Å². The summed E-state index contributed by atoms with van der Waals surface area (Å²) in [7, 11) is 0. The van der Waals surface area contributed by atoms with Gasteiger partial charge in [0.2, 0.25) is 0 Å². The third kappa shape index (κ3) is 6.11. The van der Waals surface area contributed by atoms with Crippen LogP contribution in [0.5, 0.6) is 0 Å². The molecule has 1 aliphatic heterocycles. The van der Waals surface area contributed by atoms with E-state index in [1.807, 2.05) is 20.8 Å². The molecule has 0 amide bonds. The molecule has 1 aliphatic rings. The van der Waals surface area contributed by atoms with Gasteiger partial charge >= 0.3 is 17.9 Å². The Morgan fingerprint density at radius 3 is 1.67 bits per heavy atom. The first-order valence-corrected chi connectivity index (χ1v) is 8.08. The summed E-state index contributed by atoms with van der Waals surface area (Å²) in [6.07, 6.45) is -2.98. The Kier molecular flexibility index (Phi) is 6.77. The molecule has 7 heteroatoms. The second-order valence-electron chi connectivity index (χ2n) is 7.37. The van der Waals surface area contributed by atoms with Crippen molar-refractivity contribution in [3.05, 3.63) is 0 Å². The van der Waals surface area contributed by atoms with Crippen LogP contribution in [0.15, 0.2) is 0 Å². The van der Waals surface area contributed by atoms with Crippen molar-refractivity contribution in [2.45, 2.75) is 85.4 Å². The van der Waals surface area contributed by atoms with E-state index in [1.165, 1.54) is 20.8 Å². The Hall–Kier alpha value is -1.63. The Labute approximate surface area is 143 Å². The van der Waals surface area contributed by atoms with Crippen molar-refractivity contribution in [1.29, 1.82) is 0 Å². The molecule has 0 N–H and O–H groups in total. The first-order chi connectivity index (χ1) is 10.9. The van der Waals surface area contributed by atoms with E-state index in [-0.39, 0.29) is 5.41 Å². The molecule has 24 heavy (non-hydrogen) atoms. The molecule has 138 valence electrons. The predicted octanol–water partition coefficient (Wildman–Crippen LogP) is 2.00. The zero-order valence-corrected chi connectivity index (χ0v) is 15.5. The zero-order valence-electron chi connectivity index (χ0n) is 15.5. The maximum atomic E-state index is 11.5. The lowest BCUT2D eigenvalue weighted by Crippen LogP contribution is -2.61. The minimum atomic E-state index is -0.911. The third-order valence-electron chi connectivity index (χ3n) is 3.59. The molecular formula is C17H28O7. The topological polar surface area (TPSA) is 88.1 Å². The highest BCUT2D eigenvalue weighted by Gasteiger charge is 2.50. The normalized spacial score (nSPS) is 30.4. The second-order valence-corrected chi connectivity index (χ2v) is 7.37. The molecule has 0 saturated carbocycles. The smallest absolute Gasteiger partial charge is 0.303 e. The van der Waals surface area contributed by atoms with Gasteiger partial charge in [-0.3, -0.25) is 14.4 Å². The summed E-state index contributed by atoms with van der Waals surface area (Å²) in [4.78, 5) is 34.5. The summed E-state index contributed by atoms with van der Waals surface area (Å²) in [5.41, 5.74) is -0.0994. The fourth-order valence-corrected chi connectivity index (χ4v) is 2.88. The Bertz CT molecular complexity index is 480. The Morgan fingerprint density at radius 2 is 1.25 bits per heavy atom. The number of esters is 3. The van der Waals surface area contributed by atoms with Crippen LogP contribution in [0, 0.1) is 5.41 Å². The van der Waals surface area contributed by atoms with Gasteiger partial charge in [-0.25, -0.2) is 0 Å². The van der Waals surface area contributed by atoms with E-state index in [9.17, 15) is 14.4 Å². The van der Waals surface area contributed by atoms with E-state index in [2.05, 4.69) is 0 Å². The summed E-state index contributed by atoms with van der Waals surface area (Å²) in [5.74, 6) is -1.59. The molecule has 1 saturated heterocycles. The molecule has 0 aromatic rings. The highest BCUT2D eigenvalue weighted by Crippen LogP contribution is 2.34. The largest absolute Gasteiger partial charge is 0.456 e. The van der Waals surface area contributed by atoms with E-state index < -0.39 is 48.4 Å². The van der Waals surface area contributed by atoms with E-state index >= 15 is 0 Å². The zero-order chi connectivity index (χ0) is 18.7. The van der Waals surface area contributed by atoms with Crippen molar-refractivity contribution >= 4 is 17.9 Å². The molecule has 0 spiro atoms. The van der Waals surface area contributed by atoms with Crippen LogP contribution in [0.1, 0.15) is 54.9 Å². The predicted molar refractivity (Wildman–Crippen MR) is 85.1 cm³/mol. The molecule has 5 atom stereocenters. The lowest BCUT2D eigenvalue weighted by Gasteiger charge is -2.45. The molecule has 0 aromatic heterocycles. The van der Waals surface area contributed by atoms with Crippen LogP contribution in [0.4, 0.5) is 0 Å². The number of rotatable bonds is 4. The fourth-order valence-electron chi connectivity index (χ4n) is 2.88. The van der Waals surface area contributed by atoms with Crippen LogP contribution < -0.4 is 0 Å². The van der Waals surface area contributed by atoms with E-state index in [1.54, 1.807) is 6.92 Å². The van der Waals surface area contributed by atoms with Gasteiger partial charge in [-0.1, -0.05) is 20.8 Å². The molecule has 7 nitrogen and oxygen atoms in total. The van der Waals surface area contributed by atoms with Gasteiger partial charge in [0.15, 0.2) is 18.3 Å². The summed E-state index contributed by atoms with van der Waals surface area (Å²) < 4.78 is 22.0. The maximum absolute atomic E-state index is 11.5. The molecule has 0 aliphatic carbocycles. The standard InChI is InChI=1S/C17H28O7/c1-9-14(22-10(2)18)16(24-12(4)20)15(23-11(3)19)13(21-9)8-17(5,6)7/h9,13-16H,8H2,1-7H3. The number of hydrogen-bond acceptors (Lipinski definition) is 7. The van der Waals surface area contributed by atoms with E-state index in [0.717, 1.165) is 0 Å². The van der Waals surface area contributed by atoms with Crippen molar-refractivity contribution in [3.8, 4) is 0 Å². The van der Waals surface area contributed by atoms with Crippen molar-refractivity contribution in [2.75, 3.05) is 0 Å². The highest BCUT2D eigenvalue weighted by molar-refractivity contribution is 5.68. The van der Waals surface area contributed by atoms with Gasteiger partial charge in [0.05, 0.1) is 12.2 Å². The van der Waals surface area contributed by atoms with Crippen molar-refractivity contribution < 1.29 is 33.3 Å². The number of carbonyl (C=O) groups excluding carboxylic acids is 3. The average Bonchev–Trinajstić information content (AvgIpc) is 2.35. The van der Waals surface area contributed by atoms with Crippen LogP contribution in [0.2, 0.25) is 0 Å². The Morgan fingerprint density at radius 1 is 0.833 bits per heavy atom. The van der Waals surface area contributed by atoms with Crippen LogP contribution in [0.3, 0.4) is 0 Å². The SMILES string of the molecule is CC(=O)OC1C(C)OC(CC(C)(C)C)C(OC(C)=O)C1OC(C)=O. The molecule has 5 unspecified atom stereocenters. The number of hydrogen-bond donors (Lipinski definition) is 0. The van der Waals surface area contributed by atoms with Gasteiger partial charge in [-0.15, -0.1) is 0 Å². The molecule has 0 aromatic carbocycles. The first-order valence-electron chi connectivity index (χ1n) is 8.08. The number of carbonyl (C=O) groups is 3. The third-order valence-corrected chi connectivity index (χ3v) is 3.59. The minimum Gasteiger partial charge on any atom is -0.456 e. The second kappa shape index (κ2) is 7.96. The van der Waals surface area contributed by atoms with Crippen LogP contribution in [-0.4, -0.2) is 48.4 Å². The highest BCUT2D eigenvalue weighted by atomic mass is 16.6. The van der Waals surface area contributed by atoms with Crippen LogP contribution in [0.25, 0.3) is 0 Å². The molecular weight excluding hydrogens is 316 g/mol. The average molecular weight is 344 g/mol. The van der Waals surface area contributed by atoms with Gasteiger partial charge in [0, 0.05) is 20.8 Å². The van der Waals surface area contributed by atoms with Gasteiger partial charge in [0.1, 0.15) is 0 Å². The minimum absolute atomic E-state index is 0.0994. The van der Waals surface area contributed by atoms with E-state index in [4.69, 9.17) is 18.9 Å². The maximum Gasteiger partial charge on any atom is 0.303 e. The van der Waals surface area contributed by atoms with Gasteiger partial charge in [-0.2, -0.15) is 0 Å². The Balaban J connectivity index is 3.18. The van der Waals surface area contributed by atoms with Crippen LogP contribution in [-0.2, 0) is 33.3 Å².